The number of nitrogens with zero attached hydrogens (tertiary/aromatic N) is 3. The third-order valence-electron chi connectivity index (χ3n) is 9.46. The van der Waals surface area contributed by atoms with Crippen molar-refractivity contribution >= 4 is 38.1 Å². The van der Waals surface area contributed by atoms with E-state index in [0.717, 1.165) is 28.1 Å². The molecule has 0 unspecified atom stereocenters. The zero-order chi connectivity index (χ0) is 33.4. The van der Waals surface area contributed by atoms with Gasteiger partial charge in [0.15, 0.2) is 0 Å². The Bertz CT molecular complexity index is 2700. The first kappa shape index (κ1) is 32.3. The van der Waals surface area contributed by atoms with Gasteiger partial charge >= 0.3 is 0 Å². The summed E-state index contributed by atoms with van der Waals surface area (Å²) in [7, 11) is 0. The van der Waals surface area contributed by atoms with Crippen molar-refractivity contribution in [3.05, 3.63) is 188 Å². The van der Waals surface area contributed by atoms with Crippen molar-refractivity contribution in [3.63, 3.8) is 0 Å². The van der Waals surface area contributed by atoms with E-state index in [1.54, 1.807) is 6.20 Å². The van der Waals surface area contributed by atoms with Gasteiger partial charge in [-0.15, -0.1) is 59.7 Å². The number of para-hydroxylation sites is 1. The van der Waals surface area contributed by atoms with Gasteiger partial charge in [-0.3, -0.25) is 0 Å². The van der Waals surface area contributed by atoms with E-state index in [1.807, 2.05) is 54.7 Å². The Morgan fingerprint density at radius 1 is 0.510 bits per heavy atom. The second-order valence-electron chi connectivity index (χ2n) is 12.5. The fourth-order valence-electron chi connectivity index (χ4n) is 7.08. The second-order valence-corrected chi connectivity index (χ2v) is 12.5. The van der Waals surface area contributed by atoms with Crippen LogP contribution in [0.5, 0.6) is 0 Å². The van der Waals surface area contributed by atoms with Crippen LogP contribution in [0.2, 0.25) is 0 Å². The molecule has 4 heteroatoms. The summed E-state index contributed by atoms with van der Waals surface area (Å²) in [5.41, 5.74) is 13.7. The molecule has 4 heterocycles. The van der Waals surface area contributed by atoms with Crippen LogP contribution >= 0.6 is 0 Å². The third kappa shape index (κ3) is 5.89. The molecular weight excluding hydrogens is 799 g/mol. The quantitative estimate of drug-likeness (QED) is 0.165. The maximum Gasteiger partial charge on any atom is 0.0517 e. The van der Waals surface area contributed by atoms with Gasteiger partial charge in [-0.05, 0) is 75.7 Å². The number of benzene rings is 6. The van der Waals surface area contributed by atoms with Gasteiger partial charge in [0.1, 0.15) is 0 Å². The fourth-order valence-corrected chi connectivity index (χ4v) is 7.08. The summed E-state index contributed by atoms with van der Waals surface area (Å²) in [6.07, 6.45) is 3.78. The smallest absolute Gasteiger partial charge is 0.0517 e. The first-order chi connectivity index (χ1) is 24.7. The maximum absolute atomic E-state index is 4.87. The predicted octanol–water partition coefficient (Wildman–Crippen LogP) is 11.9. The van der Waals surface area contributed by atoms with E-state index in [-0.39, 0.29) is 20.1 Å². The monoisotopic (exact) mass is 830 g/mol. The molecule has 0 N–H and O–H groups in total. The molecule has 0 spiro atoms. The number of hydrogen-bond donors (Lipinski definition) is 0. The van der Waals surface area contributed by atoms with Crippen molar-refractivity contribution in [1.82, 2.24) is 14.4 Å². The van der Waals surface area contributed by atoms with Crippen LogP contribution in [0.1, 0.15) is 5.56 Å². The standard InChI is InChI=1S/C36H23N2.C11H8N.Ir/c1-23-18-33(37-22-32(23)25-12-6-3-7-13-25)26-16-17-35-29(19-26)31-21-27(24-10-4-2-5-11-24)20-30-28-14-8-9-15-34(28)38(35)36(30)31;1-2-6-10(7-3-1)11-8-4-5-9-12-11;/h2-15,17-22H,1H3;1-6,8-9H;/q2*-1;. The van der Waals surface area contributed by atoms with Gasteiger partial charge in [0.05, 0.1) is 5.52 Å². The maximum atomic E-state index is 4.87. The van der Waals surface area contributed by atoms with Crippen molar-refractivity contribution in [3.8, 4) is 44.8 Å². The summed E-state index contributed by atoms with van der Waals surface area (Å²) < 4.78 is 2.40. The zero-order valence-electron chi connectivity index (χ0n) is 27.8. The summed E-state index contributed by atoms with van der Waals surface area (Å²) in [4.78, 5) is 9.09. The number of rotatable bonds is 4. The molecule has 51 heavy (non-hydrogen) atoms. The van der Waals surface area contributed by atoms with Gasteiger partial charge in [-0.25, -0.2) is 0 Å². The molecule has 0 aliphatic heterocycles. The number of aromatic nitrogens is 3. The average Bonchev–Trinajstić information content (AvgIpc) is 3.71. The summed E-state index contributed by atoms with van der Waals surface area (Å²) in [6.45, 7) is 2.16. The first-order valence-corrected chi connectivity index (χ1v) is 16.8. The minimum Gasteiger partial charge on any atom is -0.350 e. The molecule has 0 fully saturated rings. The average molecular weight is 830 g/mol. The fraction of sp³-hybridized carbons (Fsp3) is 0.0213. The molecule has 0 saturated heterocycles. The van der Waals surface area contributed by atoms with Crippen molar-refractivity contribution in [2.75, 3.05) is 0 Å². The van der Waals surface area contributed by atoms with Crippen LogP contribution in [0.15, 0.2) is 170 Å². The van der Waals surface area contributed by atoms with E-state index in [4.69, 9.17) is 4.98 Å². The molecule has 6 aromatic carbocycles. The molecule has 0 atom stereocenters. The number of aryl methyl sites for hydroxylation is 1. The SMILES string of the molecule is Cc1cc(-c2[c-]cc3c(c2)c2cc(-c4ccccc4)cc4c5ccccc5n3c24)ncc1-c1ccccc1.[Ir].[c-]1ccccc1-c1ccccn1. The van der Waals surface area contributed by atoms with Crippen molar-refractivity contribution < 1.29 is 20.1 Å². The minimum absolute atomic E-state index is 0. The second kappa shape index (κ2) is 13.8. The number of hydrogen-bond acceptors (Lipinski definition) is 2. The summed E-state index contributed by atoms with van der Waals surface area (Å²) in [5.74, 6) is 0. The summed E-state index contributed by atoms with van der Waals surface area (Å²) >= 11 is 0. The van der Waals surface area contributed by atoms with Gasteiger partial charge in [0.25, 0.3) is 0 Å². The van der Waals surface area contributed by atoms with Crippen LogP contribution in [0, 0.1) is 19.1 Å². The molecule has 10 rings (SSSR count). The predicted molar refractivity (Wildman–Crippen MR) is 207 cm³/mol. The molecule has 0 aliphatic carbocycles. The Labute approximate surface area is 310 Å². The molecule has 3 nitrogen and oxygen atoms in total. The van der Waals surface area contributed by atoms with Crippen LogP contribution in [0.25, 0.3) is 82.9 Å². The van der Waals surface area contributed by atoms with Gasteiger partial charge in [0, 0.05) is 54.4 Å². The van der Waals surface area contributed by atoms with Gasteiger partial charge in [0.2, 0.25) is 0 Å². The van der Waals surface area contributed by atoms with Crippen LogP contribution in [0.3, 0.4) is 0 Å². The Balaban J connectivity index is 0.000000245. The summed E-state index contributed by atoms with van der Waals surface area (Å²) in [5, 5.41) is 5.07. The van der Waals surface area contributed by atoms with Gasteiger partial charge in [-0.1, -0.05) is 102 Å². The third-order valence-corrected chi connectivity index (χ3v) is 9.46. The van der Waals surface area contributed by atoms with Crippen LogP contribution in [-0.4, -0.2) is 14.4 Å². The first-order valence-electron chi connectivity index (χ1n) is 16.8. The molecule has 0 bridgehead atoms. The van der Waals surface area contributed by atoms with Crippen molar-refractivity contribution in [2.45, 2.75) is 6.92 Å². The largest absolute Gasteiger partial charge is 0.350 e. The Morgan fingerprint density at radius 2 is 1.22 bits per heavy atom. The molecule has 245 valence electrons. The topological polar surface area (TPSA) is 30.2 Å². The van der Waals surface area contributed by atoms with Gasteiger partial charge < -0.3 is 14.4 Å². The normalized spacial score (nSPS) is 11.1. The van der Waals surface area contributed by atoms with Gasteiger partial charge in [-0.2, -0.15) is 0 Å². The molecule has 0 amide bonds. The van der Waals surface area contributed by atoms with Crippen LogP contribution in [-0.2, 0) is 20.1 Å². The zero-order valence-corrected chi connectivity index (χ0v) is 30.2. The van der Waals surface area contributed by atoms with Crippen LogP contribution < -0.4 is 0 Å². The Kier molecular flexibility index (Phi) is 8.71. The number of fused-ring (bicyclic) bond motifs is 6. The van der Waals surface area contributed by atoms with Crippen molar-refractivity contribution in [1.29, 1.82) is 0 Å². The molecular formula is C47H31IrN3-2. The van der Waals surface area contributed by atoms with E-state index in [0.29, 0.717) is 0 Å². The Morgan fingerprint density at radius 3 is 1.94 bits per heavy atom. The van der Waals surface area contributed by atoms with E-state index >= 15 is 0 Å². The van der Waals surface area contributed by atoms with E-state index in [1.165, 1.54) is 60.3 Å². The molecule has 4 aromatic heterocycles. The Hall–Kier alpha value is -5.93. The molecule has 0 saturated carbocycles. The van der Waals surface area contributed by atoms with E-state index in [9.17, 15) is 0 Å². The minimum atomic E-state index is 0. The molecule has 1 radical (unpaired) electrons. The van der Waals surface area contributed by atoms with Crippen LogP contribution in [0.4, 0.5) is 0 Å². The number of pyridine rings is 2. The van der Waals surface area contributed by atoms with E-state index in [2.05, 4.69) is 138 Å². The summed E-state index contributed by atoms with van der Waals surface area (Å²) in [6, 6.07) is 61.5. The van der Waals surface area contributed by atoms with E-state index < -0.39 is 0 Å². The molecule has 10 aromatic rings. The molecule has 0 aliphatic rings. The van der Waals surface area contributed by atoms with Crippen molar-refractivity contribution in [2.24, 2.45) is 0 Å².